The van der Waals surface area contributed by atoms with E-state index in [4.69, 9.17) is 4.74 Å². The Morgan fingerprint density at radius 2 is 2.00 bits per heavy atom. The van der Waals surface area contributed by atoms with Gasteiger partial charge in [-0.2, -0.15) is 0 Å². The van der Waals surface area contributed by atoms with Crippen LogP contribution in [0.2, 0.25) is 0 Å². The van der Waals surface area contributed by atoms with Gasteiger partial charge in [0, 0.05) is 6.61 Å². The molecule has 2 unspecified atom stereocenters. The van der Waals surface area contributed by atoms with Crippen LogP contribution in [0, 0.1) is 5.92 Å². The maximum absolute atomic E-state index is 5.99. The number of hydrogen-bond acceptors (Lipinski definition) is 2. The molecule has 0 bridgehead atoms. The zero-order valence-electron chi connectivity index (χ0n) is 10.4. The lowest BCUT2D eigenvalue weighted by Gasteiger charge is -2.30. The fourth-order valence-electron chi connectivity index (χ4n) is 2.47. The zero-order valence-corrected chi connectivity index (χ0v) is 10.4. The molecule has 0 aromatic heterocycles. The molecule has 1 fully saturated rings. The second kappa shape index (κ2) is 8.12. The van der Waals surface area contributed by atoms with Crippen LogP contribution in [0.3, 0.4) is 0 Å². The molecule has 1 aliphatic rings. The summed E-state index contributed by atoms with van der Waals surface area (Å²) in [6, 6.07) is 0. The highest BCUT2D eigenvalue weighted by molar-refractivity contribution is 4.74. The van der Waals surface area contributed by atoms with Crippen molar-refractivity contribution >= 4 is 0 Å². The Balaban J connectivity index is 2.07. The van der Waals surface area contributed by atoms with Gasteiger partial charge in [0.1, 0.15) is 0 Å². The molecule has 2 atom stereocenters. The molecule has 1 saturated carbocycles. The minimum Gasteiger partial charge on any atom is -0.378 e. The van der Waals surface area contributed by atoms with Gasteiger partial charge in [-0.05, 0) is 38.3 Å². The molecule has 0 aromatic rings. The Hall–Kier alpha value is -0.0800. The minimum absolute atomic E-state index is 0.561. The molecule has 0 spiro atoms. The molecule has 1 rings (SSSR count). The first-order valence-electron chi connectivity index (χ1n) is 6.70. The first-order valence-corrected chi connectivity index (χ1v) is 6.70. The third-order valence-corrected chi connectivity index (χ3v) is 3.44. The molecule has 2 heteroatoms. The molecule has 0 amide bonds. The number of ether oxygens (including phenoxy) is 1. The second-order valence-electron chi connectivity index (χ2n) is 4.57. The summed E-state index contributed by atoms with van der Waals surface area (Å²) in [6.45, 7) is 7.55. The molecule has 0 radical (unpaired) electrons. The number of rotatable bonds is 7. The van der Waals surface area contributed by atoms with Crippen molar-refractivity contribution in [3.63, 3.8) is 0 Å². The van der Waals surface area contributed by atoms with Crippen molar-refractivity contribution in [3.8, 4) is 0 Å². The minimum atomic E-state index is 0.561. The van der Waals surface area contributed by atoms with Crippen molar-refractivity contribution in [2.75, 3.05) is 19.7 Å². The fourth-order valence-corrected chi connectivity index (χ4v) is 2.47. The molecule has 0 aromatic carbocycles. The normalized spacial score (nSPS) is 26.8. The van der Waals surface area contributed by atoms with Crippen LogP contribution in [-0.4, -0.2) is 25.8 Å². The predicted octanol–water partition coefficient (Wildman–Crippen LogP) is 2.97. The van der Waals surface area contributed by atoms with E-state index < -0.39 is 0 Å². The lowest BCUT2D eigenvalue weighted by molar-refractivity contribution is -0.0127. The smallest absolute Gasteiger partial charge is 0.0603 e. The van der Waals surface area contributed by atoms with Gasteiger partial charge in [-0.25, -0.2) is 0 Å². The van der Waals surface area contributed by atoms with Crippen LogP contribution in [0.5, 0.6) is 0 Å². The van der Waals surface area contributed by atoms with Crippen LogP contribution in [0.15, 0.2) is 0 Å². The van der Waals surface area contributed by atoms with Gasteiger partial charge in [0.25, 0.3) is 0 Å². The van der Waals surface area contributed by atoms with E-state index in [0.717, 1.165) is 32.0 Å². The molecule has 0 saturated heterocycles. The highest BCUT2D eigenvalue weighted by Gasteiger charge is 2.23. The highest BCUT2D eigenvalue weighted by Crippen LogP contribution is 2.28. The van der Waals surface area contributed by atoms with Crippen molar-refractivity contribution in [3.05, 3.63) is 0 Å². The van der Waals surface area contributed by atoms with E-state index in [9.17, 15) is 0 Å². The summed E-state index contributed by atoms with van der Waals surface area (Å²) >= 11 is 0. The maximum Gasteiger partial charge on any atom is 0.0603 e. The van der Waals surface area contributed by atoms with Gasteiger partial charge in [0.15, 0.2) is 0 Å². The molecular weight excluding hydrogens is 186 g/mol. The van der Waals surface area contributed by atoms with Gasteiger partial charge in [-0.15, -0.1) is 0 Å². The SMILES string of the molecule is CCNCCCOC1CCCCC1CC. The predicted molar refractivity (Wildman–Crippen MR) is 65.1 cm³/mol. The molecule has 15 heavy (non-hydrogen) atoms. The van der Waals surface area contributed by atoms with Crippen molar-refractivity contribution < 1.29 is 4.74 Å². The first-order chi connectivity index (χ1) is 7.38. The summed E-state index contributed by atoms with van der Waals surface area (Å²) in [4.78, 5) is 0. The van der Waals surface area contributed by atoms with Gasteiger partial charge < -0.3 is 10.1 Å². The summed E-state index contributed by atoms with van der Waals surface area (Å²) in [5.74, 6) is 0.831. The lowest BCUT2D eigenvalue weighted by atomic mass is 9.85. The van der Waals surface area contributed by atoms with Crippen molar-refractivity contribution in [2.45, 2.75) is 58.5 Å². The third kappa shape index (κ3) is 4.98. The summed E-state index contributed by atoms with van der Waals surface area (Å²) < 4.78 is 5.99. The average molecular weight is 213 g/mol. The molecule has 0 heterocycles. The standard InChI is InChI=1S/C13H27NO/c1-3-12-8-5-6-9-13(12)15-11-7-10-14-4-2/h12-14H,3-11H2,1-2H3. The van der Waals surface area contributed by atoms with Gasteiger partial charge in [-0.3, -0.25) is 0 Å². The van der Waals surface area contributed by atoms with Crippen LogP contribution in [-0.2, 0) is 4.74 Å². The van der Waals surface area contributed by atoms with Gasteiger partial charge >= 0.3 is 0 Å². The molecular formula is C13H27NO. The zero-order chi connectivity index (χ0) is 10.9. The van der Waals surface area contributed by atoms with Crippen molar-refractivity contribution in [1.29, 1.82) is 0 Å². The van der Waals surface area contributed by atoms with Gasteiger partial charge in [0.2, 0.25) is 0 Å². The van der Waals surface area contributed by atoms with E-state index >= 15 is 0 Å². The fraction of sp³-hybridized carbons (Fsp3) is 1.00. The Kier molecular flexibility index (Phi) is 7.03. The Labute approximate surface area is 94.8 Å². The second-order valence-corrected chi connectivity index (χ2v) is 4.57. The summed E-state index contributed by atoms with van der Waals surface area (Å²) in [5.41, 5.74) is 0. The molecule has 2 nitrogen and oxygen atoms in total. The topological polar surface area (TPSA) is 21.3 Å². The van der Waals surface area contributed by atoms with Crippen LogP contribution in [0.4, 0.5) is 0 Å². The van der Waals surface area contributed by atoms with E-state index in [1.807, 2.05) is 0 Å². The van der Waals surface area contributed by atoms with Crippen molar-refractivity contribution in [1.82, 2.24) is 5.32 Å². The molecule has 0 aliphatic heterocycles. The number of hydrogen-bond donors (Lipinski definition) is 1. The lowest BCUT2D eigenvalue weighted by Crippen LogP contribution is -2.28. The molecule has 90 valence electrons. The number of nitrogens with one attached hydrogen (secondary N) is 1. The summed E-state index contributed by atoms with van der Waals surface area (Å²) in [6.07, 6.45) is 8.46. The van der Waals surface area contributed by atoms with E-state index in [-0.39, 0.29) is 0 Å². The summed E-state index contributed by atoms with van der Waals surface area (Å²) in [7, 11) is 0. The first kappa shape index (κ1) is 13.0. The molecule has 1 N–H and O–H groups in total. The monoisotopic (exact) mass is 213 g/mol. The quantitative estimate of drug-likeness (QED) is 0.656. The third-order valence-electron chi connectivity index (χ3n) is 3.44. The van der Waals surface area contributed by atoms with Crippen LogP contribution < -0.4 is 5.32 Å². The van der Waals surface area contributed by atoms with Crippen molar-refractivity contribution in [2.24, 2.45) is 5.92 Å². The van der Waals surface area contributed by atoms with Crippen LogP contribution in [0.1, 0.15) is 52.4 Å². The largest absolute Gasteiger partial charge is 0.378 e. The maximum atomic E-state index is 5.99. The van der Waals surface area contributed by atoms with Gasteiger partial charge in [-0.1, -0.05) is 33.1 Å². The molecule has 1 aliphatic carbocycles. The average Bonchev–Trinajstić information content (AvgIpc) is 2.29. The van der Waals surface area contributed by atoms with E-state index in [0.29, 0.717) is 6.10 Å². The van der Waals surface area contributed by atoms with E-state index in [2.05, 4.69) is 19.2 Å². The van der Waals surface area contributed by atoms with Crippen LogP contribution >= 0.6 is 0 Å². The highest BCUT2D eigenvalue weighted by atomic mass is 16.5. The summed E-state index contributed by atoms with van der Waals surface area (Å²) in [5, 5.41) is 3.33. The van der Waals surface area contributed by atoms with Gasteiger partial charge in [0.05, 0.1) is 6.10 Å². The van der Waals surface area contributed by atoms with Crippen LogP contribution in [0.25, 0.3) is 0 Å². The Morgan fingerprint density at radius 3 is 2.73 bits per heavy atom. The Bertz CT molecular complexity index is 149. The Morgan fingerprint density at radius 1 is 1.20 bits per heavy atom. The van der Waals surface area contributed by atoms with E-state index in [1.54, 1.807) is 0 Å². The van der Waals surface area contributed by atoms with E-state index in [1.165, 1.54) is 32.1 Å².